The maximum Gasteiger partial charge on any atom is 0.260 e. The molecule has 0 bridgehead atoms. The van der Waals surface area contributed by atoms with Gasteiger partial charge >= 0.3 is 0 Å². The Morgan fingerprint density at radius 1 is 1.47 bits per heavy atom. The van der Waals surface area contributed by atoms with Crippen LogP contribution in [0, 0.1) is 0 Å². The molecule has 2 aromatic heterocycles. The number of hydrogen-bond donors (Lipinski definition) is 3. The van der Waals surface area contributed by atoms with Gasteiger partial charge in [-0.25, -0.2) is 24.0 Å². The highest BCUT2D eigenvalue weighted by atomic mass is 32.2. The molecule has 19 heavy (non-hydrogen) atoms. The summed E-state index contributed by atoms with van der Waals surface area (Å²) >= 11 is 0. The van der Waals surface area contributed by atoms with E-state index < -0.39 is 10.0 Å². The third-order valence-corrected chi connectivity index (χ3v) is 3.96. The molecule has 0 amide bonds. The van der Waals surface area contributed by atoms with Crippen LogP contribution in [0.2, 0.25) is 0 Å². The van der Waals surface area contributed by atoms with Gasteiger partial charge in [-0.1, -0.05) is 6.07 Å². The quantitative estimate of drug-likeness (QED) is 0.376. The first-order chi connectivity index (χ1) is 9.10. The van der Waals surface area contributed by atoms with Crippen molar-refractivity contribution in [2.45, 2.75) is 5.03 Å². The largest absolute Gasteiger partial charge is 0.383 e. The summed E-state index contributed by atoms with van der Waals surface area (Å²) in [5, 5.41) is -0.0262. The molecule has 0 atom stereocenters. The van der Waals surface area contributed by atoms with Gasteiger partial charge in [0.25, 0.3) is 10.0 Å². The first-order valence-corrected chi connectivity index (χ1v) is 7.01. The molecule has 0 aromatic carbocycles. The van der Waals surface area contributed by atoms with Gasteiger partial charge in [-0.05, 0) is 12.1 Å². The van der Waals surface area contributed by atoms with Gasteiger partial charge in [0.05, 0.1) is 6.61 Å². The third-order valence-electron chi connectivity index (χ3n) is 2.48. The van der Waals surface area contributed by atoms with Crippen LogP contribution >= 0.6 is 0 Å². The van der Waals surface area contributed by atoms with Crippen LogP contribution in [-0.2, 0) is 14.8 Å². The molecule has 104 valence electrons. The summed E-state index contributed by atoms with van der Waals surface area (Å²) < 4.78 is 33.2. The SMILES string of the molecule is COCCNS(=O)(=O)c1c(NN)nc2ccccn12. The van der Waals surface area contributed by atoms with Crippen molar-refractivity contribution in [3.8, 4) is 0 Å². The first-order valence-electron chi connectivity index (χ1n) is 5.52. The molecule has 0 spiro atoms. The number of nitrogen functional groups attached to an aromatic ring is 1. The number of pyridine rings is 1. The van der Waals surface area contributed by atoms with Crippen molar-refractivity contribution in [1.82, 2.24) is 14.1 Å². The number of aromatic nitrogens is 2. The second-order valence-corrected chi connectivity index (χ2v) is 5.41. The third kappa shape index (κ3) is 2.68. The number of hydrogen-bond acceptors (Lipinski definition) is 6. The molecule has 8 nitrogen and oxygen atoms in total. The molecule has 0 aliphatic heterocycles. The van der Waals surface area contributed by atoms with E-state index in [9.17, 15) is 8.42 Å². The summed E-state index contributed by atoms with van der Waals surface area (Å²) in [5.74, 6) is 5.42. The highest BCUT2D eigenvalue weighted by Crippen LogP contribution is 2.21. The highest BCUT2D eigenvalue weighted by molar-refractivity contribution is 7.89. The topological polar surface area (TPSA) is 111 Å². The summed E-state index contributed by atoms with van der Waals surface area (Å²) in [7, 11) is -2.24. The van der Waals surface area contributed by atoms with Crippen LogP contribution in [0.1, 0.15) is 0 Å². The average molecular weight is 285 g/mol. The Morgan fingerprint density at radius 3 is 2.95 bits per heavy atom. The Bertz CT molecular complexity index is 667. The van der Waals surface area contributed by atoms with Crippen molar-refractivity contribution < 1.29 is 13.2 Å². The predicted octanol–water partition coefficient (Wildman–Crippen LogP) is -0.455. The minimum atomic E-state index is -3.73. The summed E-state index contributed by atoms with van der Waals surface area (Å²) in [6, 6.07) is 5.16. The van der Waals surface area contributed by atoms with E-state index in [1.54, 1.807) is 24.4 Å². The summed E-state index contributed by atoms with van der Waals surface area (Å²) in [4.78, 5) is 4.10. The molecule has 2 heterocycles. The lowest BCUT2D eigenvalue weighted by Gasteiger charge is -2.07. The first kappa shape index (κ1) is 13.7. The number of nitrogens with zero attached hydrogens (tertiary/aromatic N) is 2. The molecular formula is C10H15N5O3S. The summed E-state index contributed by atoms with van der Waals surface area (Å²) in [6.07, 6.45) is 1.61. The number of rotatable bonds is 6. The molecule has 0 saturated heterocycles. The lowest BCUT2D eigenvalue weighted by molar-refractivity contribution is 0.204. The molecule has 0 aliphatic carbocycles. The Kier molecular flexibility index (Phi) is 4.00. The number of imidazole rings is 1. The zero-order valence-electron chi connectivity index (χ0n) is 10.3. The summed E-state index contributed by atoms with van der Waals surface area (Å²) in [6.45, 7) is 0.449. The molecule has 0 radical (unpaired) electrons. The number of methoxy groups -OCH3 is 1. The average Bonchev–Trinajstić information content (AvgIpc) is 2.78. The van der Waals surface area contributed by atoms with Crippen LogP contribution in [0.5, 0.6) is 0 Å². The van der Waals surface area contributed by atoms with Crippen LogP contribution in [-0.4, -0.2) is 38.1 Å². The predicted molar refractivity (Wildman–Crippen MR) is 70.1 cm³/mol. The molecule has 2 aromatic rings. The Morgan fingerprint density at radius 2 is 2.26 bits per heavy atom. The number of nitrogens with two attached hydrogens (primary N) is 1. The molecule has 0 aliphatic rings. The normalized spacial score (nSPS) is 11.9. The van der Waals surface area contributed by atoms with Crippen molar-refractivity contribution in [2.75, 3.05) is 25.7 Å². The second-order valence-electron chi connectivity index (χ2n) is 3.73. The fraction of sp³-hybridized carbons (Fsp3) is 0.300. The van der Waals surface area contributed by atoms with E-state index in [1.807, 2.05) is 0 Å². The minimum Gasteiger partial charge on any atom is -0.383 e. The smallest absolute Gasteiger partial charge is 0.260 e. The number of hydrazine groups is 1. The van der Waals surface area contributed by atoms with E-state index in [1.165, 1.54) is 11.5 Å². The van der Waals surface area contributed by atoms with E-state index in [0.29, 0.717) is 5.65 Å². The van der Waals surface area contributed by atoms with E-state index in [2.05, 4.69) is 15.1 Å². The zero-order chi connectivity index (χ0) is 13.9. The van der Waals surface area contributed by atoms with Gasteiger partial charge in [-0.2, -0.15) is 0 Å². The van der Waals surface area contributed by atoms with Gasteiger partial charge in [0.15, 0.2) is 10.8 Å². The monoisotopic (exact) mass is 285 g/mol. The fourth-order valence-corrected chi connectivity index (χ4v) is 2.93. The number of anilines is 1. The van der Waals surface area contributed by atoms with Crippen LogP contribution in [0.15, 0.2) is 29.4 Å². The van der Waals surface area contributed by atoms with E-state index in [-0.39, 0.29) is 24.0 Å². The van der Waals surface area contributed by atoms with Gasteiger partial charge in [-0.15, -0.1) is 0 Å². The Labute approximate surface area is 110 Å². The van der Waals surface area contributed by atoms with Gasteiger partial charge in [-0.3, -0.25) is 4.40 Å². The molecule has 0 unspecified atom stereocenters. The van der Waals surface area contributed by atoms with Crippen LogP contribution in [0.3, 0.4) is 0 Å². The lowest BCUT2D eigenvalue weighted by atomic mass is 10.5. The molecule has 9 heteroatoms. The van der Waals surface area contributed by atoms with Gasteiger partial charge in [0.1, 0.15) is 5.65 Å². The number of fused-ring (bicyclic) bond motifs is 1. The van der Waals surface area contributed by atoms with Crippen LogP contribution in [0.4, 0.5) is 5.82 Å². The van der Waals surface area contributed by atoms with Crippen molar-refractivity contribution in [3.05, 3.63) is 24.4 Å². The second kappa shape index (κ2) is 5.53. The number of ether oxygens (including phenoxy) is 1. The maximum atomic E-state index is 12.2. The maximum absolute atomic E-state index is 12.2. The van der Waals surface area contributed by atoms with Crippen molar-refractivity contribution in [3.63, 3.8) is 0 Å². The molecule has 0 saturated carbocycles. The minimum absolute atomic E-state index is 0.0262. The highest BCUT2D eigenvalue weighted by Gasteiger charge is 2.24. The number of nitrogens with one attached hydrogen (secondary N) is 2. The van der Waals surface area contributed by atoms with E-state index >= 15 is 0 Å². The van der Waals surface area contributed by atoms with E-state index in [0.717, 1.165) is 0 Å². The molecule has 0 fully saturated rings. The van der Waals surface area contributed by atoms with E-state index in [4.69, 9.17) is 10.6 Å². The zero-order valence-corrected chi connectivity index (χ0v) is 11.1. The number of sulfonamides is 1. The molecule has 2 rings (SSSR count). The van der Waals surface area contributed by atoms with Gasteiger partial charge in [0, 0.05) is 19.9 Å². The van der Waals surface area contributed by atoms with Gasteiger partial charge < -0.3 is 10.2 Å². The lowest BCUT2D eigenvalue weighted by Crippen LogP contribution is -2.29. The van der Waals surface area contributed by atoms with Crippen molar-refractivity contribution in [1.29, 1.82) is 0 Å². The Hall–Kier alpha value is -1.68. The van der Waals surface area contributed by atoms with Crippen molar-refractivity contribution >= 4 is 21.5 Å². The molecule has 4 N–H and O–H groups in total. The van der Waals surface area contributed by atoms with Crippen LogP contribution < -0.4 is 16.0 Å². The fourth-order valence-electron chi connectivity index (χ4n) is 1.67. The van der Waals surface area contributed by atoms with Gasteiger partial charge in [0.2, 0.25) is 0 Å². The Balaban J connectivity index is 2.48. The standard InChI is InChI=1S/C10H15N5O3S/c1-18-7-5-12-19(16,17)10-9(14-11)13-8-4-2-3-6-15(8)10/h2-4,6,12,14H,5,7,11H2,1H3. The molecular weight excluding hydrogens is 270 g/mol. The van der Waals surface area contributed by atoms with Crippen LogP contribution in [0.25, 0.3) is 5.65 Å². The van der Waals surface area contributed by atoms with Crippen molar-refractivity contribution in [2.24, 2.45) is 5.84 Å². The summed E-state index contributed by atoms with van der Waals surface area (Å²) in [5.41, 5.74) is 2.79.